The maximum atomic E-state index is 8.76. The molecule has 19 heavy (non-hydrogen) atoms. The van der Waals surface area contributed by atoms with Crippen LogP contribution in [0.2, 0.25) is 5.02 Å². The molecule has 0 radical (unpaired) electrons. The molecule has 0 saturated heterocycles. The molecule has 0 aromatic heterocycles. The van der Waals surface area contributed by atoms with E-state index in [0.29, 0.717) is 23.9 Å². The lowest BCUT2D eigenvalue weighted by Gasteiger charge is -2.27. The number of rotatable bonds is 6. The van der Waals surface area contributed by atoms with Crippen molar-refractivity contribution in [1.82, 2.24) is 0 Å². The van der Waals surface area contributed by atoms with Crippen LogP contribution in [0, 0.1) is 17.2 Å². The highest BCUT2D eigenvalue weighted by atomic mass is 35.5. The van der Waals surface area contributed by atoms with E-state index in [-0.39, 0.29) is 6.04 Å². The van der Waals surface area contributed by atoms with Crippen molar-refractivity contribution in [1.29, 1.82) is 5.26 Å². The molecule has 1 aromatic rings. The lowest BCUT2D eigenvalue weighted by atomic mass is 10.1. The Labute approximate surface area is 121 Å². The maximum Gasteiger partial charge on any atom is 0.0642 e. The van der Waals surface area contributed by atoms with E-state index < -0.39 is 0 Å². The van der Waals surface area contributed by atoms with Gasteiger partial charge in [-0.25, -0.2) is 0 Å². The molecule has 0 fully saturated rings. The van der Waals surface area contributed by atoms with Crippen molar-refractivity contribution < 1.29 is 0 Å². The fourth-order valence-electron chi connectivity index (χ4n) is 2.00. The largest absolute Gasteiger partial charge is 0.369 e. The Morgan fingerprint density at radius 1 is 1.37 bits per heavy atom. The molecular weight excluding hydrogens is 258 g/mol. The van der Waals surface area contributed by atoms with Gasteiger partial charge in [-0.05, 0) is 30.5 Å². The zero-order valence-electron chi connectivity index (χ0n) is 11.9. The van der Waals surface area contributed by atoms with Crippen LogP contribution in [0.1, 0.15) is 38.8 Å². The first-order chi connectivity index (χ1) is 8.95. The summed E-state index contributed by atoms with van der Waals surface area (Å²) in [6.07, 6.45) is 0.498. The molecule has 0 aliphatic heterocycles. The Balaban J connectivity index is 2.98. The number of nitriles is 1. The highest BCUT2D eigenvalue weighted by Gasteiger charge is 2.13. The summed E-state index contributed by atoms with van der Waals surface area (Å²) in [5.41, 5.74) is 7.86. The number of halogens is 1. The fraction of sp³-hybridized carbons (Fsp3) is 0.533. The standard InChI is InChI=1S/C15H22ClN3/c1-11(2)10-19(8-4-7-17)15-6-5-13(12(3)18)9-14(15)16/h5-6,9,11-12H,4,8,10,18H2,1-3H3/t12-/m1/s1. The quantitative estimate of drug-likeness (QED) is 0.863. The van der Waals surface area contributed by atoms with Gasteiger partial charge in [0.15, 0.2) is 0 Å². The van der Waals surface area contributed by atoms with Crippen LogP contribution in [0.4, 0.5) is 5.69 Å². The van der Waals surface area contributed by atoms with Gasteiger partial charge in [0.2, 0.25) is 0 Å². The predicted molar refractivity (Wildman–Crippen MR) is 81.3 cm³/mol. The Hall–Kier alpha value is -1.24. The van der Waals surface area contributed by atoms with Crippen LogP contribution in [0.25, 0.3) is 0 Å². The van der Waals surface area contributed by atoms with E-state index in [1.165, 1.54) is 0 Å². The van der Waals surface area contributed by atoms with Crippen molar-refractivity contribution >= 4 is 17.3 Å². The van der Waals surface area contributed by atoms with Crippen LogP contribution in [-0.4, -0.2) is 13.1 Å². The van der Waals surface area contributed by atoms with Crippen molar-refractivity contribution in [3.05, 3.63) is 28.8 Å². The van der Waals surface area contributed by atoms with Gasteiger partial charge in [0.25, 0.3) is 0 Å². The van der Waals surface area contributed by atoms with Gasteiger partial charge >= 0.3 is 0 Å². The number of anilines is 1. The molecule has 1 atom stereocenters. The summed E-state index contributed by atoms with van der Waals surface area (Å²) in [4.78, 5) is 2.17. The van der Waals surface area contributed by atoms with Crippen LogP contribution < -0.4 is 10.6 Å². The van der Waals surface area contributed by atoms with Crippen LogP contribution in [0.5, 0.6) is 0 Å². The van der Waals surface area contributed by atoms with Gasteiger partial charge in [0, 0.05) is 19.1 Å². The van der Waals surface area contributed by atoms with Crippen molar-refractivity contribution in [2.75, 3.05) is 18.0 Å². The van der Waals surface area contributed by atoms with E-state index in [4.69, 9.17) is 22.6 Å². The molecule has 0 spiro atoms. The maximum absolute atomic E-state index is 8.76. The van der Waals surface area contributed by atoms with Crippen LogP contribution in [0.15, 0.2) is 18.2 Å². The summed E-state index contributed by atoms with van der Waals surface area (Å²) < 4.78 is 0. The lowest BCUT2D eigenvalue weighted by molar-refractivity contribution is 0.612. The van der Waals surface area contributed by atoms with E-state index in [1.807, 2.05) is 25.1 Å². The average molecular weight is 280 g/mol. The Morgan fingerprint density at radius 3 is 2.53 bits per heavy atom. The molecule has 0 unspecified atom stereocenters. The van der Waals surface area contributed by atoms with E-state index in [2.05, 4.69) is 24.8 Å². The second kappa shape index (κ2) is 7.37. The molecule has 0 bridgehead atoms. The number of nitrogens with two attached hydrogens (primary N) is 1. The second-order valence-electron chi connectivity index (χ2n) is 5.25. The molecule has 0 saturated carbocycles. The van der Waals surface area contributed by atoms with Gasteiger partial charge in [-0.1, -0.05) is 31.5 Å². The van der Waals surface area contributed by atoms with Crippen molar-refractivity contribution in [2.45, 2.75) is 33.2 Å². The minimum atomic E-state index is -0.0239. The first-order valence-corrected chi connectivity index (χ1v) is 7.00. The van der Waals surface area contributed by atoms with Crippen molar-refractivity contribution in [3.63, 3.8) is 0 Å². The minimum absolute atomic E-state index is 0.0239. The van der Waals surface area contributed by atoms with Crippen molar-refractivity contribution in [3.8, 4) is 6.07 Å². The third-order valence-electron chi connectivity index (χ3n) is 2.92. The highest BCUT2D eigenvalue weighted by molar-refractivity contribution is 6.33. The summed E-state index contributed by atoms with van der Waals surface area (Å²) in [6, 6.07) is 8.09. The summed E-state index contributed by atoms with van der Waals surface area (Å²) in [5.74, 6) is 0.517. The average Bonchev–Trinajstić information content (AvgIpc) is 2.34. The molecule has 3 nitrogen and oxygen atoms in total. The summed E-state index contributed by atoms with van der Waals surface area (Å²) in [5, 5.41) is 9.46. The number of hydrogen-bond acceptors (Lipinski definition) is 3. The van der Waals surface area contributed by atoms with Gasteiger partial charge in [0.1, 0.15) is 0 Å². The third-order valence-corrected chi connectivity index (χ3v) is 3.22. The van der Waals surface area contributed by atoms with Gasteiger partial charge in [0.05, 0.1) is 23.2 Å². The topological polar surface area (TPSA) is 53.0 Å². The van der Waals surface area contributed by atoms with Crippen LogP contribution >= 0.6 is 11.6 Å². The Kier molecular flexibility index (Phi) is 6.14. The highest BCUT2D eigenvalue weighted by Crippen LogP contribution is 2.29. The molecule has 0 aliphatic carbocycles. The second-order valence-corrected chi connectivity index (χ2v) is 5.65. The van der Waals surface area contributed by atoms with Gasteiger partial charge in [-0.2, -0.15) is 5.26 Å². The minimum Gasteiger partial charge on any atom is -0.369 e. The summed E-state index contributed by atoms with van der Waals surface area (Å²) in [6.45, 7) is 7.84. The van der Waals surface area contributed by atoms with E-state index in [1.54, 1.807) is 0 Å². The molecule has 0 amide bonds. The SMILES string of the molecule is CC(C)CN(CCC#N)c1ccc([C@@H](C)N)cc1Cl. The smallest absolute Gasteiger partial charge is 0.0642 e. The van der Waals surface area contributed by atoms with Gasteiger partial charge in [-0.3, -0.25) is 0 Å². The molecule has 0 aliphatic rings. The molecule has 4 heteroatoms. The van der Waals surface area contributed by atoms with Gasteiger partial charge < -0.3 is 10.6 Å². The first kappa shape index (κ1) is 15.8. The van der Waals surface area contributed by atoms with E-state index in [0.717, 1.165) is 17.8 Å². The summed E-state index contributed by atoms with van der Waals surface area (Å²) in [7, 11) is 0. The van der Waals surface area contributed by atoms with Crippen LogP contribution in [0.3, 0.4) is 0 Å². The number of nitrogens with zero attached hydrogens (tertiary/aromatic N) is 2. The third kappa shape index (κ3) is 4.74. The monoisotopic (exact) mass is 279 g/mol. The zero-order valence-corrected chi connectivity index (χ0v) is 12.6. The first-order valence-electron chi connectivity index (χ1n) is 6.62. The summed E-state index contributed by atoms with van der Waals surface area (Å²) >= 11 is 6.35. The molecule has 104 valence electrons. The number of benzene rings is 1. The number of hydrogen-bond donors (Lipinski definition) is 1. The molecule has 2 N–H and O–H groups in total. The van der Waals surface area contributed by atoms with Crippen LogP contribution in [-0.2, 0) is 0 Å². The predicted octanol–water partition coefficient (Wildman–Crippen LogP) is 3.74. The van der Waals surface area contributed by atoms with Crippen molar-refractivity contribution in [2.24, 2.45) is 11.7 Å². The van der Waals surface area contributed by atoms with Gasteiger partial charge in [-0.15, -0.1) is 0 Å². The fourth-order valence-corrected chi connectivity index (χ4v) is 2.31. The molecule has 1 rings (SSSR count). The van der Waals surface area contributed by atoms with E-state index >= 15 is 0 Å². The molecule has 0 heterocycles. The Bertz CT molecular complexity index is 449. The Morgan fingerprint density at radius 2 is 2.05 bits per heavy atom. The van der Waals surface area contributed by atoms with E-state index in [9.17, 15) is 0 Å². The molecule has 1 aromatic carbocycles. The normalized spacial score (nSPS) is 12.3. The lowest BCUT2D eigenvalue weighted by Crippen LogP contribution is -2.28. The molecular formula is C15H22ClN3. The zero-order chi connectivity index (χ0) is 14.4.